The minimum atomic E-state index is -1.24. The maximum Gasteiger partial charge on any atom is 0.193 e. The van der Waals surface area contributed by atoms with Crippen molar-refractivity contribution in [1.82, 2.24) is 0 Å². The van der Waals surface area contributed by atoms with Gasteiger partial charge >= 0.3 is 0 Å². The van der Waals surface area contributed by atoms with Crippen molar-refractivity contribution in [1.29, 1.82) is 0 Å². The van der Waals surface area contributed by atoms with E-state index in [1.165, 1.54) is 0 Å². The molecule has 5 rings (SSSR count). The Balaban J connectivity index is 1.60. The average molecular weight is 509 g/mol. The minimum absolute atomic E-state index is 0.00572. The van der Waals surface area contributed by atoms with Gasteiger partial charge in [0.1, 0.15) is 6.61 Å². The van der Waals surface area contributed by atoms with E-state index in [1.807, 2.05) is 19.9 Å². The van der Waals surface area contributed by atoms with Crippen LogP contribution in [0.5, 0.6) is 0 Å². The Morgan fingerprint density at radius 1 is 1.31 bits per heavy atom. The number of halogens is 1. The Morgan fingerprint density at radius 2 is 2.06 bits per heavy atom. The number of carbonyl (C=O) groups is 2. The first-order valence-corrected chi connectivity index (χ1v) is 12.7. The van der Waals surface area contributed by atoms with Crippen LogP contribution in [0.4, 0.5) is 0 Å². The van der Waals surface area contributed by atoms with E-state index in [-0.39, 0.29) is 23.4 Å². The molecule has 2 N–H and O–H groups in total. The maximum absolute atomic E-state index is 13.3. The number of Topliss-reactive ketones (excluding diaryl/α,β-unsaturated/α-hetero) is 1. The van der Waals surface area contributed by atoms with Crippen LogP contribution in [0.25, 0.3) is 0 Å². The van der Waals surface area contributed by atoms with Gasteiger partial charge in [0.25, 0.3) is 0 Å². The Labute approximate surface area is 197 Å². The van der Waals surface area contributed by atoms with Crippen molar-refractivity contribution < 1.29 is 29.3 Å². The number of rotatable bonds is 4. The first-order chi connectivity index (χ1) is 15.1. The molecule has 3 saturated carbocycles. The predicted octanol–water partition coefficient (Wildman–Crippen LogP) is 3.23. The van der Waals surface area contributed by atoms with Gasteiger partial charge in [-0.2, -0.15) is 0 Å². The van der Waals surface area contributed by atoms with E-state index in [9.17, 15) is 19.8 Å². The molecule has 0 aromatic heterocycles. The van der Waals surface area contributed by atoms with Gasteiger partial charge in [-0.15, -0.1) is 0 Å². The monoisotopic (exact) mass is 508 g/mol. The van der Waals surface area contributed by atoms with E-state index >= 15 is 0 Å². The Kier molecular flexibility index (Phi) is 5.24. The van der Waals surface area contributed by atoms with E-state index in [0.29, 0.717) is 19.3 Å². The first-order valence-electron chi connectivity index (χ1n) is 11.9. The third-order valence-corrected chi connectivity index (χ3v) is 11.5. The molecule has 1 saturated heterocycles. The lowest BCUT2D eigenvalue weighted by atomic mass is 9.46. The minimum Gasteiger partial charge on any atom is -0.392 e. The topological polar surface area (TPSA) is 93.1 Å². The van der Waals surface area contributed by atoms with E-state index < -0.39 is 45.9 Å². The highest BCUT2D eigenvalue weighted by molar-refractivity contribution is 9.10. The highest BCUT2D eigenvalue weighted by Gasteiger charge is 2.78. The summed E-state index contributed by atoms with van der Waals surface area (Å²) in [7, 11) is 0. The van der Waals surface area contributed by atoms with Gasteiger partial charge in [0, 0.05) is 10.8 Å². The normalized spacial score (nSPS) is 51.5. The van der Waals surface area contributed by atoms with Crippen molar-refractivity contribution in [2.45, 2.75) is 87.7 Å². The largest absolute Gasteiger partial charge is 0.392 e. The lowest BCUT2D eigenvalue weighted by Crippen LogP contribution is -2.69. The number of aliphatic hydroxyl groups excluding tert-OH is 2. The van der Waals surface area contributed by atoms with Gasteiger partial charge in [-0.1, -0.05) is 54.8 Å². The quantitative estimate of drug-likeness (QED) is 0.566. The fraction of sp³-hybridized carbons (Fsp3) is 0.760. The fourth-order valence-electron chi connectivity index (χ4n) is 8.01. The van der Waals surface area contributed by atoms with Crippen molar-refractivity contribution in [3.63, 3.8) is 0 Å². The number of alkyl halides is 1. The molecule has 32 heavy (non-hydrogen) atoms. The molecule has 1 aliphatic heterocycles. The molecule has 0 amide bonds. The molecule has 176 valence electrons. The molecule has 6 nitrogen and oxygen atoms in total. The highest BCUT2D eigenvalue weighted by Crippen LogP contribution is 2.72. The number of ketones is 2. The van der Waals surface area contributed by atoms with E-state index in [2.05, 4.69) is 22.9 Å². The van der Waals surface area contributed by atoms with Crippen LogP contribution in [0.15, 0.2) is 23.8 Å². The fourth-order valence-corrected chi connectivity index (χ4v) is 9.11. The van der Waals surface area contributed by atoms with Gasteiger partial charge in [-0.25, -0.2) is 0 Å². The van der Waals surface area contributed by atoms with Crippen LogP contribution in [0.2, 0.25) is 0 Å². The van der Waals surface area contributed by atoms with Crippen molar-refractivity contribution in [2.75, 3.05) is 6.61 Å². The SMILES string of the molecule is CCC[C@@H]1O[C@@H]2C[C@H]3[C@@H]4CCC5=CC(=O)C=C[C@]5(C)[C@@]4(Br)[C@@H](O)C[C@]3(C)[C@]2(C(=O)CO)O1. The molecule has 0 radical (unpaired) electrons. The van der Waals surface area contributed by atoms with E-state index in [4.69, 9.17) is 9.47 Å². The molecular formula is C25H33BrO6. The number of fused-ring (bicyclic) bond motifs is 7. The highest BCUT2D eigenvalue weighted by atomic mass is 79.9. The van der Waals surface area contributed by atoms with Crippen molar-refractivity contribution in [3.05, 3.63) is 23.8 Å². The Bertz CT molecular complexity index is 914. The summed E-state index contributed by atoms with van der Waals surface area (Å²) in [6.45, 7) is 5.60. The van der Waals surface area contributed by atoms with E-state index in [0.717, 1.165) is 24.8 Å². The first kappa shape index (κ1) is 22.9. The maximum atomic E-state index is 13.3. The summed E-state index contributed by atoms with van der Waals surface area (Å²) in [4.78, 5) is 25.4. The number of aliphatic hydroxyl groups is 2. The van der Waals surface area contributed by atoms with Crippen molar-refractivity contribution >= 4 is 27.5 Å². The molecule has 4 fully saturated rings. The van der Waals surface area contributed by atoms with Gasteiger partial charge in [0.2, 0.25) is 0 Å². The zero-order valence-electron chi connectivity index (χ0n) is 19.0. The second kappa shape index (κ2) is 7.32. The molecule has 7 heteroatoms. The van der Waals surface area contributed by atoms with Gasteiger partial charge < -0.3 is 19.7 Å². The van der Waals surface area contributed by atoms with Gasteiger partial charge in [0.15, 0.2) is 23.5 Å². The van der Waals surface area contributed by atoms with Crippen LogP contribution < -0.4 is 0 Å². The van der Waals surface area contributed by atoms with Crippen LogP contribution in [-0.2, 0) is 19.1 Å². The molecular weight excluding hydrogens is 476 g/mol. The number of hydrogen-bond acceptors (Lipinski definition) is 6. The molecule has 0 unspecified atom stereocenters. The second-order valence-electron chi connectivity index (χ2n) is 10.8. The predicted molar refractivity (Wildman–Crippen MR) is 121 cm³/mol. The number of hydrogen-bond donors (Lipinski definition) is 2. The summed E-state index contributed by atoms with van der Waals surface area (Å²) in [6, 6.07) is 0. The third kappa shape index (κ3) is 2.55. The molecule has 0 aromatic carbocycles. The van der Waals surface area contributed by atoms with Gasteiger partial charge in [0.05, 0.1) is 16.5 Å². The lowest BCUT2D eigenvalue weighted by Gasteiger charge is -2.64. The Hall–Kier alpha value is -0.860. The van der Waals surface area contributed by atoms with Crippen molar-refractivity contribution in [3.8, 4) is 0 Å². The molecule has 4 aliphatic carbocycles. The molecule has 0 spiro atoms. The second-order valence-corrected chi connectivity index (χ2v) is 12.1. The summed E-state index contributed by atoms with van der Waals surface area (Å²) in [5.41, 5.74) is -1.34. The summed E-state index contributed by atoms with van der Waals surface area (Å²) < 4.78 is 12.0. The van der Waals surface area contributed by atoms with Crippen LogP contribution >= 0.6 is 15.9 Å². The zero-order chi connectivity index (χ0) is 23.1. The standard InChI is InChI=1S/C25H33BrO6/c1-4-5-21-31-20-11-17-16-7-6-14-10-15(28)8-9-22(14,2)24(16,26)18(29)12-23(17,3)25(20,32-21)19(30)13-27/h8-10,16-18,20-21,27,29H,4-7,11-13H2,1-3H3/t16-,17-,18-,20+,21+,22-,23-,24-,25+/m0/s1. The van der Waals surface area contributed by atoms with E-state index in [1.54, 1.807) is 12.2 Å². The van der Waals surface area contributed by atoms with Gasteiger partial charge in [-0.05, 0) is 56.1 Å². The summed E-state index contributed by atoms with van der Waals surface area (Å²) in [6.07, 6.45) is 7.78. The average Bonchev–Trinajstić information content (AvgIpc) is 3.22. The van der Waals surface area contributed by atoms with Crippen LogP contribution in [0.3, 0.4) is 0 Å². The smallest absolute Gasteiger partial charge is 0.193 e. The van der Waals surface area contributed by atoms with Crippen molar-refractivity contribution in [2.24, 2.45) is 22.7 Å². The number of allylic oxidation sites excluding steroid dienone is 4. The molecule has 1 heterocycles. The lowest BCUT2D eigenvalue weighted by molar-refractivity contribution is -0.195. The molecule has 0 bridgehead atoms. The summed E-state index contributed by atoms with van der Waals surface area (Å²) in [5.74, 6) is -0.222. The molecule has 5 aliphatic rings. The number of carbonyl (C=O) groups excluding carboxylic acids is 2. The molecule has 0 aromatic rings. The summed E-state index contributed by atoms with van der Waals surface area (Å²) >= 11 is 4.04. The number of ether oxygens (including phenoxy) is 2. The Morgan fingerprint density at radius 3 is 2.75 bits per heavy atom. The van der Waals surface area contributed by atoms with Gasteiger partial charge in [-0.3, -0.25) is 9.59 Å². The van der Waals surface area contributed by atoms with Crippen LogP contribution in [0.1, 0.15) is 59.3 Å². The summed E-state index contributed by atoms with van der Waals surface area (Å²) in [5, 5.41) is 21.7. The van der Waals surface area contributed by atoms with Crippen LogP contribution in [0, 0.1) is 22.7 Å². The zero-order valence-corrected chi connectivity index (χ0v) is 20.6. The van der Waals surface area contributed by atoms with Crippen LogP contribution in [-0.4, -0.2) is 56.8 Å². The molecule has 9 atom stereocenters. The third-order valence-electron chi connectivity index (χ3n) is 9.52.